The van der Waals surface area contributed by atoms with Crippen molar-refractivity contribution in [1.29, 1.82) is 0 Å². The maximum atomic E-state index is 12.5. The minimum Gasteiger partial charge on any atom is -0.468 e. The molecule has 0 atom stereocenters. The minimum atomic E-state index is -3.85. The van der Waals surface area contributed by atoms with Crippen LogP contribution in [0.3, 0.4) is 0 Å². The van der Waals surface area contributed by atoms with Gasteiger partial charge >= 0.3 is 5.97 Å². The summed E-state index contributed by atoms with van der Waals surface area (Å²) < 4.78 is 30.8. The quantitative estimate of drug-likeness (QED) is 0.622. The fraction of sp³-hybridized carbons (Fsp3) is 0.100. The lowest BCUT2D eigenvalue weighted by molar-refractivity contribution is -0.139. The molecule has 0 aliphatic rings. The third-order valence-electron chi connectivity index (χ3n) is 4.07. The Morgan fingerprint density at radius 3 is 2.29 bits per heavy atom. The molecule has 0 spiro atoms. The van der Waals surface area contributed by atoms with Crippen molar-refractivity contribution in [2.75, 3.05) is 19.0 Å². The fourth-order valence-corrected chi connectivity index (χ4v) is 3.53. The summed E-state index contributed by atoms with van der Waals surface area (Å²) in [5.41, 5.74) is 0.945. The van der Waals surface area contributed by atoms with Gasteiger partial charge in [-0.1, -0.05) is 30.3 Å². The van der Waals surface area contributed by atoms with E-state index in [9.17, 15) is 18.0 Å². The van der Waals surface area contributed by atoms with Crippen LogP contribution < -0.4 is 10.0 Å². The molecular formula is C20H18N2O5S. The average Bonchev–Trinajstić information content (AvgIpc) is 2.72. The molecule has 144 valence electrons. The summed E-state index contributed by atoms with van der Waals surface area (Å²) in [6.07, 6.45) is 0. The molecule has 7 nitrogen and oxygen atoms in total. The van der Waals surface area contributed by atoms with Crippen molar-refractivity contribution in [3.8, 4) is 0 Å². The Morgan fingerprint density at radius 2 is 1.61 bits per heavy atom. The van der Waals surface area contributed by atoms with E-state index in [2.05, 4.69) is 14.8 Å². The summed E-state index contributed by atoms with van der Waals surface area (Å²) in [6.45, 7) is -0.459. The van der Waals surface area contributed by atoms with E-state index >= 15 is 0 Å². The van der Waals surface area contributed by atoms with E-state index in [1.807, 2.05) is 30.3 Å². The number of fused-ring (bicyclic) bond motifs is 1. The topological polar surface area (TPSA) is 102 Å². The Bertz CT molecular complexity index is 1120. The van der Waals surface area contributed by atoms with Crippen LogP contribution >= 0.6 is 0 Å². The van der Waals surface area contributed by atoms with Crippen LogP contribution in [-0.4, -0.2) is 33.9 Å². The van der Waals surface area contributed by atoms with E-state index in [0.717, 1.165) is 10.8 Å². The monoisotopic (exact) mass is 398 g/mol. The van der Waals surface area contributed by atoms with Crippen LogP contribution in [0.2, 0.25) is 0 Å². The lowest BCUT2D eigenvalue weighted by Crippen LogP contribution is -2.30. The number of amides is 1. The van der Waals surface area contributed by atoms with Crippen LogP contribution in [0, 0.1) is 0 Å². The number of rotatable bonds is 6. The highest BCUT2D eigenvalue weighted by atomic mass is 32.2. The molecule has 8 heteroatoms. The lowest BCUT2D eigenvalue weighted by atomic mass is 10.1. The van der Waals surface area contributed by atoms with Crippen LogP contribution in [-0.2, 0) is 19.6 Å². The second kappa shape index (κ2) is 8.20. The van der Waals surface area contributed by atoms with E-state index in [1.165, 1.54) is 31.4 Å². The van der Waals surface area contributed by atoms with E-state index < -0.39 is 22.5 Å². The average molecular weight is 398 g/mol. The van der Waals surface area contributed by atoms with Gasteiger partial charge in [-0.25, -0.2) is 8.42 Å². The van der Waals surface area contributed by atoms with Crippen LogP contribution in [0.25, 0.3) is 10.8 Å². The molecule has 0 bridgehead atoms. The summed E-state index contributed by atoms with van der Waals surface area (Å²) in [5, 5.41) is 4.72. The molecule has 28 heavy (non-hydrogen) atoms. The standard InChI is InChI=1S/C20H18N2O5S/c1-27-19(23)13-21-28(25,26)18-10-8-17(9-11-18)22-20(24)16-7-6-14-4-2-3-5-15(14)12-16/h2-12,21H,13H2,1H3,(H,22,24). The summed E-state index contributed by atoms with van der Waals surface area (Å²) in [5.74, 6) is -0.993. The number of nitrogens with one attached hydrogen (secondary N) is 2. The normalized spacial score (nSPS) is 11.2. The van der Waals surface area contributed by atoms with Crippen molar-refractivity contribution >= 4 is 38.4 Å². The van der Waals surface area contributed by atoms with Gasteiger partial charge in [-0.15, -0.1) is 0 Å². The Morgan fingerprint density at radius 1 is 0.929 bits per heavy atom. The van der Waals surface area contributed by atoms with Gasteiger partial charge in [0.15, 0.2) is 0 Å². The summed E-state index contributed by atoms with van der Waals surface area (Å²) >= 11 is 0. The summed E-state index contributed by atoms with van der Waals surface area (Å²) in [6, 6.07) is 18.7. The van der Waals surface area contributed by atoms with Gasteiger partial charge in [0.2, 0.25) is 10.0 Å². The highest BCUT2D eigenvalue weighted by Crippen LogP contribution is 2.18. The Labute approximate surface area is 162 Å². The molecule has 0 unspecified atom stereocenters. The molecule has 2 N–H and O–H groups in total. The van der Waals surface area contributed by atoms with Crippen LogP contribution in [0.4, 0.5) is 5.69 Å². The number of esters is 1. The van der Waals surface area contributed by atoms with Gasteiger partial charge in [0, 0.05) is 11.3 Å². The maximum absolute atomic E-state index is 12.5. The van der Waals surface area contributed by atoms with Gasteiger partial charge in [-0.05, 0) is 47.2 Å². The second-order valence-corrected chi connectivity index (χ2v) is 7.71. The Hall–Kier alpha value is -3.23. The molecule has 0 fully saturated rings. The second-order valence-electron chi connectivity index (χ2n) is 5.94. The molecule has 0 saturated heterocycles. The third-order valence-corrected chi connectivity index (χ3v) is 5.49. The van der Waals surface area contributed by atoms with Crippen molar-refractivity contribution in [2.24, 2.45) is 0 Å². The summed E-state index contributed by atoms with van der Waals surface area (Å²) in [7, 11) is -2.68. The highest BCUT2D eigenvalue weighted by Gasteiger charge is 2.16. The van der Waals surface area contributed by atoms with Crippen molar-refractivity contribution < 1.29 is 22.7 Å². The van der Waals surface area contributed by atoms with Crippen molar-refractivity contribution in [2.45, 2.75) is 4.90 Å². The first-order valence-electron chi connectivity index (χ1n) is 8.36. The summed E-state index contributed by atoms with van der Waals surface area (Å²) in [4.78, 5) is 23.5. The smallest absolute Gasteiger partial charge is 0.320 e. The van der Waals surface area contributed by atoms with Crippen molar-refractivity contribution in [3.05, 3.63) is 72.3 Å². The third kappa shape index (κ3) is 4.54. The first kappa shape index (κ1) is 19.5. The number of hydrogen-bond donors (Lipinski definition) is 2. The largest absolute Gasteiger partial charge is 0.468 e. The first-order valence-corrected chi connectivity index (χ1v) is 9.84. The van der Waals surface area contributed by atoms with Crippen LogP contribution in [0.1, 0.15) is 10.4 Å². The number of benzene rings is 3. The molecule has 0 heterocycles. The highest BCUT2D eigenvalue weighted by molar-refractivity contribution is 7.89. The number of carbonyl (C=O) groups is 2. The van der Waals surface area contributed by atoms with Gasteiger partial charge < -0.3 is 10.1 Å². The number of anilines is 1. The number of carbonyl (C=O) groups excluding carboxylic acids is 2. The van der Waals surface area contributed by atoms with E-state index in [1.54, 1.807) is 12.1 Å². The van der Waals surface area contributed by atoms with E-state index in [4.69, 9.17) is 0 Å². The van der Waals surface area contributed by atoms with Crippen molar-refractivity contribution in [3.63, 3.8) is 0 Å². The first-order chi connectivity index (χ1) is 13.4. The van der Waals surface area contributed by atoms with Gasteiger partial charge in [0.05, 0.1) is 12.0 Å². The Balaban J connectivity index is 1.70. The molecule has 3 aromatic rings. The predicted molar refractivity (Wildman–Crippen MR) is 106 cm³/mol. The number of hydrogen-bond acceptors (Lipinski definition) is 5. The van der Waals surface area contributed by atoms with Gasteiger partial charge in [0.1, 0.15) is 6.54 Å². The molecule has 3 rings (SSSR count). The maximum Gasteiger partial charge on any atom is 0.320 e. The van der Waals surface area contributed by atoms with Gasteiger partial charge in [-0.2, -0.15) is 4.72 Å². The molecule has 0 aromatic heterocycles. The zero-order valence-electron chi connectivity index (χ0n) is 15.0. The molecule has 0 aliphatic carbocycles. The SMILES string of the molecule is COC(=O)CNS(=O)(=O)c1ccc(NC(=O)c2ccc3ccccc3c2)cc1. The molecule has 3 aromatic carbocycles. The van der Waals surface area contributed by atoms with Crippen LogP contribution in [0.15, 0.2) is 71.6 Å². The lowest BCUT2D eigenvalue weighted by Gasteiger charge is -2.09. The predicted octanol–water partition coefficient (Wildman–Crippen LogP) is 2.54. The molecule has 0 aliphatic heterocycles. The number of ether oxygens (including phenoxy) is 1. The van der Waals surface area contributed by atoms with Gasteiger partial charge in [0.25, 0.3) is 5.91 Å². The van der Waals surface area contributed by atoms with E-state index in [-0.39, 0.29) is 10.8 Å². The van der Waals surface area contributed by atoms with E-state index in [0.29, 0.717) is 11.3 Å². The zero-order chi connectivity index (χ0) is 20.1. The van der Waals surface area contributed by atoms with Gasteiger partial charge in [-0.3, -0.25) is 9.59 Å². The number of methoxy groups -OCH3 is 1. The van der Waals surface area contributed by atoms with Crippen LogP contribution in [0.5, 0.6) is 0 Å². The molecule has 0 radical (unpaired) electrons. The Kier molecular flexibility index (Phi) is 5.72. The molecular weight excluding hydrogens is 380 g/mol. The number of sulfonamides is 1. The fourth-order valence-electron chi connectivity index (χ4n) is 2.56. The minimum absolute atomic E-state index is 0.0277. The molecule has 1 amide bonds. The molecule has 0 saturated carbocycles. The zero-order valence-corrected chi connectivity index (χ0v) is 15.8. The van der Waals surface area contributed by atoms with Crippen molar-refractivity contribution in [1.82, 2.24) is 4.72 Å².